The van der Waals surface area contributed by atoms with Crippen LogP contribution in [-0.2, 0) is 14.3 Å². The Bertz CT molecular complexity index is 352. The first kappa shape index (κ1) is 15.3. The van der Waals surface area contributed by atoms with E-state index >= 15 is 0 Å². The van der Waals surface area contributed by atoms with Crippen molar-refractivity contribution in [3.8, 4) is 0 Å². The first-order chi connectivity index (χ1) is 9.61. The van der Waals surface area contributed by atoms with E-state index in [4.69, 9.17) is 4.74 Å². The van der Waals surface area contributed by atoms with Crippen molar-refractivity contribution in [3.05, 3.63) is 0 Å². The molecule has 0 saturated carbocycles. The van der Waals surface area contributed by atoms with E-state index in [9.17, 15) is 14.7 Å². The van der Waals surface area contributed by atoms with Gasteiger partial charge < -0.3 is 14.7 Å². The molecule has 5 heteroatoms. The summed E-state index contributed by atoms with van der Waals surface area (Å²) >= 11 is 0. The molecule has 2 saturated heterocycles. The highest BCUT2D eigenvalue weighted by Gasteiger charge is 2.35. The summed E-state index contributed by atoms with van der Waals surface area (Å²) in [5, 5.41) is 9.33. The predicted octanol–water partition coefficient (Wildman–Crippen LogP) is 2.05. The van der Waals surface area contributed by atoms with Crippen molar-refractivity contribution in [2.75, 3.05) is 13.2 Å². The van der Waals surface area contributed by atoms with Crippen LogP contribution in [0.4, 0.5) is 0 Å². The molecule has 2 fully saturated rings. The number of ether oxygens (including phenoxy) is 1. The number of piperidine rings is 1. The van der Waals surface area contributed by atoms with Crippen LogP contribution in [0.2, 0.25) is 0 Å². The van der Waals surface area contributed by atoms with E-state index in [0.29, 0.717) is 25.3 Å². The lowest BCUT2D eigenvalue weighted by molar-refractivity contribution is -0.153. The van der Waals surface area contributed by atoms with Crippen LogP contribution in [0.15, 0.2) is 0 Å². The minimum atomic E-state index is -0.867. The molecule has 3 unspecified atom stereocenters. The fourth-order valence-corrected chi connectivity index (χ4v) is 3.24. The Labute approximate surface area is 120 Å². The Kier molecular flexibility index (Phi) is 5.40. The maximum absolute atomic E-state index is 12.3. The zero-order valence-corrected chi connectivity index (χ0v) is 12.2. The number of carboxylic acid groups (broad SMARTS) is 1. The zero-order valence-electron chi connectivity index (χ0n) is 12.2. The minimum Gasteiger partial charge on any atom is -0.480 e. The van der Waals surface area contributed by atoms with E-state index in [1.807, 2.05) is 0 Å². The Hall–Kier alpha value is -1.10. The zero-order chi connectivity index (χ0) is 14.5. The number of carbonyl (C=O) groups excluding carboxylic acids is 1. The second kappa shape index (κ2) is 7.07. The molecule has 0 aromatic rings. The molecule has 1 amide bonds. The molecular formula is C15H25NO4. The SMILES string of the molecule is CCC1CCN(C(=O)CCC2CCCO2)C(C(=O)O)C1. The van der Waals surface area contributed by atoms with E-state index in [-0.39, 0.29) is 12.0 Å². The summed E-state index contributed by atoms with van der Waals surface area (Å²) < 4.78 is 5.51. The van der Waals surface area contributed by atoms with Crippen LogP contribution in [0.5, 0.6) is 0 Å². The van der Waals surface area contributed by atoms with Crippen molar-refractivity contribution in [1.29, 1.82) is 0 Å². The van der Waals surface area contributed by atoms with Gasteiger partial charge in [-0.05, 0) is 38.0 Å². The first-order valence-electron chi connectivity index (χ1n) is 7.75. The average molecular weight is 283 g/mol. The number of likely N-dealkylation sites (tertiary alicyclic amines) is 1. The largest absolute Gasteiger partial charge is 0.480 e. The van der Waals surface area contributed by atoms with Crippen LogP contribution < -0.4 is 0 Å². The number of carbonyl (C=O) groups is 2. The fourth-order valence-electron chi connectivity index (χ4n) is 3.24. The Balaban J connectivity index is 1.87. The Morgan fingerprint density at radius 2 is 2.15 bits per heavy atom. The van der Waals surface area contributed by atoms with E-state index in [2.05, 4.69) is 6.92 Å². The maximum Gasteiger partial charge on any atom is 0.326 e. The van der Waals surface area contributed by atoms with Gasteiger partial charge in [0.05, 0.1) is 6.10 Å². The third-order valence-electron chi connectivity index (χ3n) is 4.60. The molecule has 5 nitrogen and oxygen atoms in total. The highest BCUT2D eigenvalue weighted by atomic mass is 16.5. The molecule has 2 heterocycles. The normalized spacial score (nSPS) is 30.4. The minimum absolute atomic E-state index is 0.0255. The van der Waals surface area contributed by atoms with Crippen LogP contribution in [0, 0.1) is 5.92 Å². The number of rotatable bonds is 5. The second-order valence-corrected chi connectivity index (χ2v) is 5.91. The summed E-state index contributed by atoms with van der Waals surface area (Å²) in [6, 6.07) is -0.634. The summed E-state index contributed by atoms with van der Waals surface area (Å²) in [5.41, 5.74) is 0. The number of amides is 1. The van der Waals surface area contributed by atoms with Gasteiger partial charge in [0.25, 0.3) is 0 Å². The molecule has 3 atom stereocenters. The molecule has 0 spiro atoms. The smallest absolute Gasteiger partial charge is 0.326 e. The highest BCUT2D eigenvalue weighted by molar-refractivity contribution is 5.83. The van der Waals surface area contributed by atoms with Gasteiger partial charge in [-0.15, -0.1) is 0 Å². The number of nitrogens with zero attached hydrogens (tertiary/aromatic N) is 1. The Morgan fingerprint density at radius 3 is 2.75 bits per heavy atom. The van der Waals surface area contributed by atoms with E-state index < -0.39 is 12.0 Å². The van der Waals surface area contributed by atoms with Crippen molar-refractivity contribution in [2.24, 2.45) is 5.92 Å². The number of hydrogen-bond donors (Lipinski definition) is 1. The predicted molar refractivity (Wildman–Crippen MR) is 74.4 cm³/mol. The summed E-state index contributed by atoms with van der Waals surface area (Å²) in [6.45, 7) is 3.46. The third kappa shape index (κ3) is 3.72. The lowest BCUT2D eigenvalue weighted by Gasteiger charge is -2.37. The Morgan fingerprint density at radius 1 is 1.35 bits per heavy atom. The number of aliphatic carboxylic acids is 1. The summed E-state index contributed by atoms with van der Waals surface area (Å²) in [6.07, 6.45) is 5.91. The molecule has 0 aliphatic carbocycles. The molecule has 0 radical (unpaired) electrons. The number of hydrogen-bond acceptors (Lipinski definition) is 3. The van der Waals surface area contributed by atoms with Crippen molar-refractivity contribution in [3.63, 3.8) is 0 Å². The molecule has 2 rings (SSSR count). The van der Waals surface area contributed by atoms with Gasteiger partial charge in [-0.25, -0.2) is 4.79 Å². The molecular weight excluding hydrogens is 258 g/mol. The quantitative estimate of drug-likeness (QED) is 0.838. The van der Waals surface area contributed by atoms with E-state index in [1.165, 1.54) is 0 Å². The van der Waals surface area contributed by atoms with Crippen molar-refractivity contribution in [1.82, 2.24) is 4.90 Å². The lowest BCUT2D eigenvalue weighted by atomic mass is 9.88. The maximum atomic E-state index is 12.3. The van der Waals surface area contributed by atoms with Gasteiger partial charge in [-0.3, -0.25) is 4.79 Å². The molecule has 0 bridgehead atoms. The van der Waals surface area contributed by atoms with Gasteiger partial charge in [0, 0.05) is 19.6 Å². The van der Waals surface area contributed by atoms with Crippen LogP contribution in [0.25, 0.3) is 0 Å². The molecule has 1 N–H and O–H groups in total. The van der Waals surface area contributed by atoms with Crippen molar-refractivity contribution >= 4 is 11.9 Å². The monoisotopic (exact) mass is 283 g/mol. The summed E-state index contributed by atoms with van der Waals surface area (Å²) in [5.74, 6) is -0.464. The molecule has 0 aromatic heterocycles. The molecule has 2 aliphatic heterocycles. The fraction of sp³-hybridized carbons (Fsp3) is 0.867. The van der Waals surface area contributed by atoms with Crippen LogP contribution in [-0.4, -0.2) is 47.2 Å². The summed E-state index contributed by atoms with van der Waals surface area (Å²) in [7, 11) is 0. The second-order valence-electron chi connectivity index (χ2n) is 5.91. The van der Waals surface area contributed by atoms with Crippen molar-refractivity contribution in [2.45, 2.75) is 64.0 Å². The third-order valence-corrected chi connectivity index (χ3v) is 4.60. The van der Waals surface area contributed by atoms with Gasteiger partial charge in [-0.1, -0.05) is 13.3 Å². The van der Waals surface area contributed by atoms with Gasteiger partial charge in [-0.2, -0.15) is 0 Å². The molecule has 114 valence electrons. The van der Waals surface area contributed by atoms with Crippen molar-refractivity contribution < 1.29 is 19.4 Å². The van der Waals surface area contributed by atoms with Gasteiger partial charge >= 0.3 is 5.97 Å². The van der Waals surface area contributed by atoms with Gasteiger partial charge in [0.1, 0.15) is 6.04 Å². The van der Waals surface area contributed by atoms with Gasteiger partial charge in [0.15, 0.2) is 0 Å². The van der Waals surface area contributed by atoms with Crippen LogP contribution in [0.1, 0.15) is 51.9 Å². The van der Waals surface area contributed by atoms with Gasteiger partial charge in [0.2, 0.25) is 5.91 Å². The molecule has 0 aromatic carbocycles. The summed E-state index contributed by atoms with van der Waals surface area (Å²) in [4.78, 5) is 25.2. The van der Waals surface area contributed by atoms with E-state index in [0.717, 1.165) is 38.7 Å². The number of carboxylic acids is 1. The van der Waals surface area contributed by atoms with Crippen LogP contribution in [0.3, 0.4) is 0 Å². The molecule has 2 aliphatic rings. The first-order valence-corrected chi connectivity index (χ1v) is 7.75. The lowest BCUT2D eigenvalue weighted by Crippen LogP contribution is -2.50. The molecule has 20 heavy (non-hydrogen) atoms. The topological polar surface area (TPSA) is 66.8 Å². The average Bonchev–Trinajstić information content (AvgIpc) is 2.97. The van der Waals surface area contributed by atoms with E-state index in [1.54, 1.807) is 4.90 Å². The highest BCUT2D eigenvalue weighted by Crippen LogP contribution is 2.27. The standard InChI is InChI=1S/C15H25NO4/c1-2-11-7-8-16(13(10-11)15(18)19)14(17)6-5-12-4-3-9-20-12/h11-13H,2-10H2,1H3,(H,18,19). The van der Waals surface area contributed by atoms with Crippen LogP contribution >= 0.6 is 0 Å².